The molecule has 0 unspecified atom stereocenters. The number of hydrogen-bond acceptors (Lipinski definition) is 3. The van der Waals surface area contributed by atoms with E-state index < -0.39 is 0 Å². The van der Waals surface area contributed by atoms with Crippen LogP contribution in [-0.4, -0.2) is 16.4 Å². The molecular formula is C7H9N3O. The lowest BCUT2D eigenvalue weighted by Crippen LogP contribution is -1.90. The molecule has 2 heterocycles. The number of anilines is 1. The number of aromatic nitrogens is 2. The molecule has 1 N–H and O–H groups in total. The second-order valence-electron chi connectivity index (χ2n) is 2.39. The Bertz CT molecular complexity index is 374. The van der Waals surface area contributed by atoms with Crippen molar-refractivity contribution in [1.82, 2.24) is 9.38 Å². The first-order valence-electron chi connectivity index (χ1n) is 3.42. The Hall–Kier alpha value is -1.45. The molecule has 0 aromatic carbocycles. The first-order valence-corrected chi connectivity index (χ1v) is 3.42. The van der Waals surface area contributed by atoms with E-state index in [1.165, 1.54) is 0 Å². The van der Waals surface area contributed by atoms with Crippen LogP contribution in [0.1, 0.15) is 5.76 Å². The summed E-state index contributed by atoms with van der Waals surface area (Å²) in [6.45, 7) is 1.90. The minimum Gasteiger partial charge on any atom is -0.428 e. The topological polar surface area (TPSA) is 42.5 Å². The van der Waals surface area contributed by atoms with E-state index in [1.54, 1.807) is 6.20 Å². The predicted molar refractivity (Wildman–Crippen MR) is 41.7 cm³/mol. The van der Waals surface area contributed by atoms with Crippen LogP contribution in [-0.2, 0) is 0 Å². The number of nitrogens with zero attached hydrogens (tertiary/aromatic N) is 2. The van der Waals surface area contributed by atoms with Gasteiger partial charge in [0.15, 0.2) is 0 Å². The van der Waals surface area contributed by atoms with Gasteiger partial charge in [-0.1, -0.05) is 0 Å². The molecule has 0 aliphatic carbocycles. The van der Waals surface area contributed by atoms with Crippen LogP contribution in [0.4, 0.5) is 5.82 Å². The number of imidazole rings is 1. The number of rotatable bonds is 1. The first kappa shape index (κ1) is 6.27. The van der Waals surface area contributed by atoms with E-state index in [-0.39, 0.29) is 0 Å². The lowest BCUT2D eigenvalue weighted by atomic mass is 10.6. The van der Waals surface area contributed by atoms with Crippen LogP contribution in [0.3, 0.4) is 0 Å². The molecule has 0 fully saturated rings. The quantitative estimate of drug-likeness (QED) is 0.667. The predicted octanol–water partition coefficient (Wildman–Crippen LogP) is 1.28. The molecule has 2 rings (SSSR count). The van der Waals surface area contributed by atoms with Gasteiger partial charge >= 0.3 is 5.84 Å². The highest BCUT2D eigenvalue weighted by molar-refractivity contribution is 5.43. The second-order valence-corrected chi connectivity index (χ2v) is 2.39. The third kappa shape index (κ3) is 0.790. The van der Waals surface area contributed by atoms with Crippen LogP contribution < -0.4 is 5.32 Å². The highest BCUT2D eigenvalue weighted by atomic mass is 16.4. The summed E-state index contributed by atoms with van der Waals surface area (Å²) in [5.41, 5.74) is 0. The highest BCUT2D eigenvalue weighted by Crippen LogP contribution is 2.13. The number of oxazole rings is 1. The summed E-state index contributed by atoms with van der Waals surface area (Å²) >= 11 is 0. The lowest BCUT2D eigenvalue weighted by molar-refractivity contribution is 0.562. The van der Waals surface area contributed by atoms with Crippen molar-refractivity contribution in [3.05, 3.63) is 18.2 Å². The minimum atomic E-state index is 0.631. The molecule has 0 saturated carbocycles. The molecule has 0 spiro atoms. The van der Waals surface area contributed by atoms with Gasteiger partial charge in [-0.15, -0.1) is 0 Å². The van der Waals surface area contributed by atoms with E-state index in [9.17, 15) is 0 Å². The summed E-state index contributed by atoms with van der Waals surface area (Å²) < 4.78 is 7.13. The summed E-state index contributed by atoms with van der Waals surface area (Å²) in [6.07, 6.45) is 3.63. The minimum absolute atomic E-state index is 0.631. The zero-order valence-electron chi connectivity index (χ0n) is 6.46. The third-order valence-electron chi connectivity index (χ3n) is 1.58. The van der Waals surface area contributed by atoms with Crippen molar-refractivity contribution in [2.45, 2.75) is 6.92 Å². The van der Waals surface area contributed by atoms with Gasteiger partial charge in [0.25, 0.3) is 0 Å². The fraction of sp³-hybridized carbons (Fsp3) is 0.286. The fourth-order valence-corrected chi connectivity index (χ4v) is 1.08. The zero-order valence-corrected chi connectivity index (χ0v) is 6.46. The van der Waals surface area contributed by atoms with Crippen molar-refractivity contribution in [2.24, 2.45) is 0 Å². The number of aryl methyl sites for hydroxylation is 1. The SMILES string of the molecule is CNc1cnc2oc(C)cn12. The van der Waals surface area contributed by atoms with Gasteiger partial charge in [0.05, 0.1) is 12.4 Å². The monoisotopic (exact) mass is 151 g/mol. The molecule has 11 heavy (non-hydrogen) atoms. The van der Waals surface area contributed by atoms with Gasteiger partial charge in [0.1, 0.15) is 11.6 Å². The lowest BCUT2D eigenvalue weighted by Gasteiger charge is -1.91. The zero-order chi connectivity index (χ0) is 7.84. The van der Waals surface area contributed by atoms with Crippen molar-refractivity contribution >= 4 is 11.7 Å². The smallest absolute Gasteiger partial charge is 0.307 e. The molecule has 0 saturated heterocycles. The molecule has 0 bridgehead atoms. The molecule has 2 aromatic heterocycles. The number of hydrogen-bond donors (Lipinski definition) is 1. The van der Waals surface area contributed by atoms with Gasteiger partial charge in [-0.2, -0.15) is 0 Å². The molecule has 4 heteroatoms. The molecular weight excluding hydrogens is 142 g/mol. The van der Waals surface area contributed by atoms with Crippen LogP contribution >= 0.6 is 0 Å². The summed E-state index contributed by atoms with van der Waals surface area (Å²) in [5.74, 6) is 2.44. The maximum atomic E-state index is 5.26. The molecule has 2 aromatic rings. The standard InChI is InChI=1S/C7H9N3O/c1-5-4-10-6(8-2)3-9-7(10)11-5/h3-4,8H,1-2H3. The maximum absolute atomic E-state index is 5.26. The van der Waals surface area contributed by atoms with Crippen LogP contribution in [0, 0.1) is 6.92 Å². The van der Waals surface area contributed by atoms with E-state index in [0.717, 1.165) is 11.6 Å². The molecule has 0 aliphatic heterocycles. The average Bonchev–Trinajstić information content (AvgIpc) is 2.45. The highest BCUT2D eigenvalue weighted by Gasteiger charge is 2.04. The Morgan fingerprint density at radius 2 is 2.45 bits per heavy atom. The Balaban J connectivity index is 2.73. The molecule has 0 amide bonds. The van der Waals surface area contributed by atoms with Crippen molar-refractivity contribution in [2.75, 3.05) is 12.4 Å². The first-order chi connectivity index (χ1) is 5.31. The summed E-state index contributed by atoms with van der Waals surface area (Å²) in [6, 6.07) is 0. The average molecular weight is 151 g/mol. The van der Waals surface area contributed by atoms with Crippen molar-refractivity contribution < 1.29 is 4.42 Å². The van der Waals surface area contributed by atoms with Crippen molar-refractivity contribution in [3.8, 4) is 0 Å². The van der Waals surface area contributed by atoms with Gasteiger partial charge in [0.2, 0.25) is 0 Å². The normalized spacial score (nSPS) is 10.7. The van der Waals surface area contributed by atoms with Crippen molar-refractivity contribution in [3.63, 3.8) is 0 Å². The molecule has 4 nitrogen and oxygen atoms in total. The molecule has 58 valence electrons. The molecule has 0 radical (unpaired) electrons. The maximum Gasteiger partial charge on any atom is 0.307 e. The van der Waals surface area contributed by atoms with Gasteiger partial charge in [0, 0.05) is 7.05 Å². The Morgan fingerprint density at radius 1 is 1.64 bits per heavy atom. The Morgan fingerprint density at radius 3 is 3.18 bits per heavy atom. The van der Waals surface area contributed by atoms with Crippen LogP contribution in [0.15, 0.2) is 16.8 Å². The largest absolute Gasteiger partial charge is 0.428 e. The number of nitrogens with one attached hydrogen (secondary N) is 1. The fourth-order valence-electron chi connectivity index (χ4n) is 1.08. The van der Waals surface area contributed by atoms with E-state index in [2.05, 4.69) is 10.3 Å². The molecule has 0 atom stereocenters. The van der Waals surface area contributed by atoms with E-state index in [4.69, 9.17) is 4.42 Å². The van der Waals surface area contributed by atoms with Crippen LogP contribution in [0.2, 0.25) is 0 Å². The summed E-state index contributed by atoms with van der Waals surface area (Å²) in [5, 5.41) is 3.00. The van der Waals surface area contributed by atoms with E-state index in [1.807, 2.05) is 24.6 Å². The Kier molecular flexibility index (Phi) is 1.15. The number of fused-ring (bicyclic) bond motifs is 1. The van der Waals surface area contributed by atoms with E-state index in [0.29, 0.717) is 5.84 Å². The van der Waals surface area contributed by atoms with E-state index >= 15 is 0 Å². The second kappa shape index (κ2) is 2.02. The van der Waals surface area contributed by atoms with Crippen molar-refractivity contribution in [1.29, 1.82) is 0 Å². The summed E-state index contributed by atoms with van der Waals surface area (Å²) in [4.78, 5) is 4.04. The van der Waals surface area contributed by atoms with Gasteiger partial charge in [-0.3, -0.25) is 4.40 Å². The van der Waals surface area contributed by atoms with Crippen LogP contribution in [0.25, 0.3) is 5.84 Å². The van der Waals surface area contributed by atoms with Gasteiger partial charge in [-0.05, 0) is 6.92 Å². The summed E-state index contributed by atoms with van der Waals surface area (Å²) in [7, 11) is 1.85. The van der Waals surface area contributed by atoms with Gasteiger partial charge in [-0.25, -0.2) is 4.98 Å². The Labute approximate surface area is 63.8 Å². The van der Waals surface area contributed by atoms with Crippen LogP contribution in [0.5, 0.6) is 0 Å². The van der Waals surface area contributed by atoms with Gasteiger partial charge < -0.3 is 9.73 Å². The third-order valence-corrected chi connectivity index (χ3v) is 1.58. The molecule has 0 aliphatic rings.